The third-order valence-electron chi connectivity index (χ3n) is 3.46. The molecule has 1 saturated heterocycles. The second-order valence-corrected chi connectivity index (χ2v) is 4.66. The fourth-order valence-electron chi connectivity index (χ4n) is 2.51. The van der Waals surface area contributed by atoms with Gasteiger partial charge in [0.05, 0.1) is 29.0 Å². The summed E-state index contributed by atoms with van der Waals surface area (Å²) in [7, 11) is 0. The molecule has 1 aromatic heterocycles. The fraction of sp³-hybridized carbons (Fsp3) is 0.385. The lowest BCUT2D eigenvalue weighted by Gasteiger charge is -2.26. The molecule has 108 valence electrons. The van der Waals surface area contributed by atoms with Crippen molar-refractivity contribution < 1.29 is 9.66 Å². The van der Waals surface area contributed by atoms with Gasteiger partial charge in [-0.05, 0) is 11.6 Å². The number of nitro groups is 1. The maximum atomic E-state index is 11.1. The smallest absolute Gasteiger partial charge is 0.279 e. The number of nitrogens with zero attached hydrogens (tertiary/aromatic N) is 2. The van der Waals surface area contributed by atoms with Crippen LogP contribution in [0.1, 0.15) is 5.56 Å². The first-order chi connectivity index (χ1) is 9.25. The first kappa shape index (κ1) is 14.8. The number of aromatic amines is 1. The Balaban J connectivity index is 0.00000147. The lowest BCUT2D eigenvalue weighted by Crippen LogP contribution is -2.35. The number of morpholine rings is 1. The molecular weight excluding hydrogens is 282 g/mol. The summed E-state index contributed by atoms with van der Waals surface area (Å²) in [5, 5.41) is 11.8. The van der Waals surface area contributed by atoms with E-state index >= 15 is 0 Å². The molecule has 2 aromatic rings. The van der Waals surface area contributed by atoms with E-state index in [1.807, 2.05) is 12.3 Å². The van der Waals surface area contributed by atoms with Crippen molar-refractivity contribution in [3.63, 3.8) is 0 Å². The quantitative estimate of drug-likeness (QED) is 0.697. The van der Waals surface area contributed by atoms with Crippen LogP contribution in [0.2, 0.25) is 0 Å². The van der Waals surface area contributed by atoms with Crippen molar-refractivity contribution in [1.82, 2.24) is 9.88 Å². The highest BCUT2D eigenvalue weighted by Crippen LogP contribution is 2.29. The Morgan fingerprint density at radius 1 is 1.35 bits per heavy atom. The molecule has 2 heterocycles. The maximum absolute atomic E-state index is 11.1. The highest BCUT2D eigenvalue weighted by Gasteiger charge is 2.19. The van der Waals surface area contributed by atoms with E-state index in [4.69, 9.17) is 4.74 Å². The summed E-state index contributed by atoms with van der Waals surface area (Å²) in [4.78, 5) is 16.2. The largest absolute Gasteiger partial charge is 0.379 e. The van der Waals surface area contributed by atoms with Gasteiger partial charge in [-0.1, -0.05) is 6.07 Å². The molecule has 0 unspecified atom stereocenters. The molecule has 0 spiro atoms. The fourth-order valence-corrected chi connectivity index (χ4v) is 2.51. The molecular formula is C13H16ClN3O3. The average Bonchev–Trinajstić information content (AvgIpc) is 2.83. The van der Waals surface area contributed by atoms with E-state index in [9.17, 15) is 10.1 Å². The van der Waals surface area contributed by atoms with Crippen molar-refractivity contribution in [3.05, 3.63) is 40.1 Å². The van der Waals surface area contributed by atoms with Gasteiger partial charge >= 0.3 is 0 Å². The molecule has 0 amide bonds. The van der Waals surface area contributed by atoms with Gasteiger partial charge in [0.2, 0.25) is 0 Å². The highest BCUT2D eigenvalue weighted by atomic mass is 35.5. The van der Waals surface area contributed by atoms with Crippen LogP contribution in [-0.4, -0.2) is 41.1 Å². The van der Waals surface area contributed by atoms with Gasteiger partial charge in [-0.15, -0.1) is 12.4 Å². The van der Waals surface area contributed by atoms with Gasteiger partial charge in [0.1, 0.15) is 0 Å². The predicted octanol–water partition coefficient (Wildman–Crippen LogP) is 2.33. The van der Waals surface area contributed by atoms with Crippen LogP contribution in [0.5, 0.6) is 0 Å². The Hall–Kier alpha value is -1.63. The molecule has 1 aliphatic rings. The average molecular weight is 298 g/mol. The summed E-state index contributed by atoms with van der Waals surface area (Å²) < 4.78 is 5.31. The van der Waals surface area contributed by atoms with Gasteiger partial charge < -0.3 is 9.72 Å². The Kier molecular flexibility index (Phi) is 4.59. The van der Waals surface area contributed by atoms with Gasteiger partial charge in [-0.2, -0.15) is 0 Å². The molecule has 1 N–H and O–H groups in total. The first-order valence-corrected chi connectivity index (χ1v) is 6.29. The van der Waals surface area contributed by atoms with Crippen LogP contribution in [-0.2, 0) is 11.3 Å². The van der Waals surface area contributed by atoms with Crippen LogP contribution in [0.3, 0.4) is 0 Å². The Labute approximate surface area is 122 Å². The monoisotopic (exact) mass is 297 g/mol. The summed E-state index contributed by atoms with van der Waals surface area (Å²) in [5.74, 6) is 0. The minimum absolute atomic E-state index is 0. The summed E-state index contributed by atoms with van der Waals surface area (Å²) in [6.07, 6.45) is 1.87. The van der Waals surface area contributed by atoms with Crippen LogP contribution >= 0.6 is 12.4 Å². The molecule has 0 bridgehead atoms. The van der Waals surface area contributed by atoms with Gasteiger partial charge in [0.15, 0.2) is 0 Å². The molecule has 1 aromatic carbocycles. The number of benzene rings is 1. The second-order valence-electron chi connectivity index (χ2n) is 4.66. The topological polar surface area (TPSA) is 71.4 Å². The predicted molar refractivity (Wildman–Crippen MR) is 78.3 cm³/mol. The standard InChI is InChI=1S/C13H15N3O3.ClH/c17-16(18)12-3-1-2-11-13(12)10(8-14-11)9-15-4-6-19-7-5-15;/h1-3,8,14H,4-7,9H2;1H. The van der Waals surface area contributed by atoms with Crippen LogP contribution < -0.4 is 0 Å². The molecule has 0 atom stereocenters. The van der Waals surface area contributed by atoms with Crippen molar-refractivity contribution >= 4 is 29.0 Å². The van der Waals surface area contributed by atoms with E-state index in [0.29, 0.717) is 6.54 Å². The van der Waals surface area contributed by atoms with Crippen molar-refractivity contribution in [1.29, 1.82) is 0 Å². The molecule has 20 heavy (non-hydrogen) atoms. The van der Waals surface area contributed by atoms with Crippen LogP contribution in [0.15, 0.2) is 24.4 Å². The summed E-state index contributed by atoms with van der Waals surface area (Å²) >= 11 is 0. The molecule has 6 nitrogen and oxygen atoms in total. The zero-order valence-corrected chi connectivity index (χ0v) is 11.7. The molecule has 0 saturated carbocycles. The van der Waals surface area contributed by atoms with Crippen molar-refractivity contribution in [2.24, 2.45) is 0 Å². The van der Waals surface area contributed by atoms with Gasteiger partial charge in [0, 0.05) is 31.9 Å². The molecule has 0 radical (unpaired) electrons. The number of ether oxygens (including phenoxy) is 1. The summed E-state index contributed by atoms with van der Waals surface area (Å²) in [5.41, 5.74) is 1.96. The third kappa shape index (κ3) is 2.77. The van der Waals surface area contributed by atoms with Crippen molar-refractivity contribution in [3.8, 4) is 0 Å². The van der Waals surface area contributed by atoms with E-state index in [2.05, 4.69) is 9.88 Å². The second kappa shape index (κ2) is 6.21. The minimum atomic E-state index is -0.320. The van der Waals surface area contributed by atoms with E-state index in [0.717, 1.165) is 42.8 Å². The van der Waals surface area contributed by atoms with Crippen molar-refractivity contribution in [2.75, 3.05) is 26.3 Å². The number of non-ortho nitro benzene ring substituents is 1. The number of fused-ring (bicyclic) bond motifs is 1. The lowest BCUT2D eigenvalue weighted by molar-refractivity contribution is -0.383. The van der Waals surface area contributed by atoms with Gasteiger partial charge in [-0.25, -0.2) is 0 Å². The third-order valence-corrected chi connectivity index (χ3v) is 3.46. The van der Waals surface area contributed by atoms with Crippen molar-refractivity contribution in [2.45, 2.75) is 6.54 Å². The Morgan fingerprint density at radius 2 is 2.10 bits per heavy atom. The van der Waals surface area contributed by atoms with Crippen LogP contribution in [0, 0.1) is 10.1 Å². The van der Waals surface area contributed by atoms with E-state index in [1.54, 1.807) is 12.1 Å². The number of hydrogen-bond acceptors (Lipinski definition) is 4. The summed E-state index contributed by atoms with van der Waals surface area (Å²) in [6.45, 7) is 3.91. The number of nitrogens with one attached hydrogen (secondary N) is 1. The zero-order chi connectivity index (χ0) is 13.2. The maximum Gasteiger partial charge on any atom is 0.279 e. The molecule has 1 aliphatic heterocycles. The van der Waals surface area contributed by atoms with E-state index in [1.165, 1.54) is 0 Å². The number of aromatic nitrogens is 1. The zero-order valence-electron chi connectivity index (χ0n) is 10.9. The molecule has 3 rings (SSSR count). The number of halogens is 1. The molecule has 7 heteroatoms. The lowest BCUT2D eigenvalue weighted by atomic mass is 10.1. The number of hydrogen-bond donors (Lipinski definition) is 1. The van der Waals surface area contributed by atoms with Crippen LogP contribution in [0.4, 0.5) is 5.69 Å². The SMILES string of the molecule is Cl.O=[N+]([O-])c1cccc2[nH]cc(CN3CCOCC3)c12. The highest BCUT2D eigenvalue weighted by molar-refractivity contribution is 5.91. The first-order valence-electron chi connectivity index (χ1n) is 6.29. The summed E-state index contributed by atoms with van der Waals surface area (Å²) in [6, 6.07) is 5.12. The van der Waals surface area contributed by atoms with Gasteiger partial charge in [0.25, 0.3) is 5.69 Å². The number of rotatable bonds is 3. The van der Waals surface area contributed by atoms with Gasteiger partial charge in [-0.3, -0.25) is 15.0 Å². The minimum Gasteiger partial charge on any atom is -0.379 e. The Bertz CT molecular complexity index is 608. The molecule has 1 fully saturated rings. The van der Waals surface area contributed by atoms with Crippen LogP contribution in [0.25, 0.3) is 10.9 Å². The van der Waals surface area contributed by atoms with E-state index < -0.39 is 0 Å². The number of nitro benzene ring substituents is 1. The normalized spacial score (nSPS) is 16.0. The van der Waals surface area contributed by atoms with E-state index in [-0.39, 0.29) is 23.0 Å². The Morgan fingerprint density at radius 3 is 2.80 bits per heavy atom. The number of H-pyrrole nitrogens is 1. The molecule has 0 aliphatic carbocycles.